The predicted molar refractivity (Wildman–Crippen MR) is 82.3 cm³/mol. The maximum Gasteiger partial charge on any atom is 0.0519 e. The van der Waals surface area contributed by atoms with Gasteiger partial charge in [0.05, 0.1) is 6.04 Å². The number of allylic oxidation sites excluding steroid dienone is 1. The van der Waals surface area contributed by atoms with Gasteiger partial charge < -0.3 is 5.32 Å². The fourth-order valence-corrected chi connectivity index (χ4v) is 2.94. The Balaban J connectivity index is 2.99. The van der Waals surface area contributed by atoms with E-state index in [1.54, 1.807) is 0 Å². The smallest absolute Gasteiger partial charge is 0.0519 e. The highest BCUT2D eigenvalue weighted by Crippen LogP contribution is 2.28. The van der Waals surface area contributed by atoms with Crippen LogP contribution in [0, 0.1) is 0 Å². The highest BCUT2D eigenvalue weighted by molar-refractivity contribution is 9.11. The minimum Gasteiger partial charge on any atom is -0.307 e. The molecule has 3 heteroatoms. The number of hydrogen-bond acceptors (Lipinski definition) is 1. The predicted octanol–water partition coefficient (Wildman–Crippen LogP) is 5.22. The standard InChI is InChI=1S/C14H19Br2N/c1-4-7-17-14(8-10(2)3)12-6-5-11(15)9-13(12)16/h5-6,8-9,14,17H,4,7H2,1-3H3. The van der Waals surface area contributed by atoms with Gasteiger partial charge in [-0.05, 0) is 44.5 Å². The Bertz CT molecular complexity index is 395. The molecule has 0 saturated carbocycles. The summed E-state index contributed by atoms with van der Waals surface area (Å²) < 4.78 is 2.23. The van der Waals surface area contributed by atoms with Gasteiger partial charge in [-0.1, -0.05) is 56.5 Å². The number of hydrogen-bond donors (Lipinski definition) is 1. The summed E-state index contributed by atoms with van der Waals surface area (Å²) in [5.41, 5.74) is 2.61. The summed E-state index contributed by atoms with van der Waals surface area (Å²) in [6, 6.07) is 6.61. The maximum atomic E-state index is 3.63. The molecule has 0 aliphatic rings. The first-order valence-corrected chi connectivity index (χ1v) is 7.46. The Kier molecular flexibility index (Phi) is 6.45. The Morgan fingerprint density at radius 2 is 2.06 bits per heavy atom. The van der Waals surface area contributed by atoms with Crippen molar-refractivity contribution in [2.45, 2.75) is 33.2 Å². The van der Waals surface area contributed by atoms with Crippen LogP contribution in [0.25, 0.3) is 0 Å². The summed E-state index contributed by atoms with van der Waals surface area (Å²) in [4.78, 5) is 0. The summed E-state index contributed by atoms with van der Waals surface area (Å²) in [5.74, 6) is 0. The van der Waals surface area contributed by atoms with Crippen LogP contribution in [0.15, 0.2) is 38.8 Å². The molecule has 1 nitrogen and oxygen atoms in total. The third kappa shape index (κ3) is 4.94. The summed E-state index contributed by atoms with van der Waals surface area (Å²) in [6.45, 7) is 7.47. The lowest BCUT2D eigenvalue weighted by atomic mass is 10.0. The van der Waals surface area contributed by atoms with Crippen molar-refractivity contribution in [3.8, 4) is 0 Å². The van der Waals surface area contributed by atoms with E-state index in [2.05, 4.69) is 82.2 Å². The van der Waals surface area contributed by atoms with Gasteiger partial charge in [-0.15, -0.1) is 0 Å². The van der Waals surface area contributed by atoms with Crippen molar-refractivity contribution in [2.75, 3.05) is 6.54 Å². The van der Waals surface area contributed by atoms with E-state index in [0.717, 1.165) is 21.9 Å². The highest BCUT2D eigenvalue weighted by atomic mass is 79.9. The van der Waals surface area contributed by atoms with E-state index in [1.807, 2.05) is 0 Å². The Hall–Kier alpha value is -0.120. The Morgan fingerprint density at radius 3 is 2.59 bits per heavy atom. The van der Waals surface area contributed by atoms with E-state index in [4.69, 9.17) is 0 Å². The Labute approximate surface area is 121 Å². The van der Waals surface area contributed by atoms with Gasteiger partial charge in [0.25, 0.3) is 0 Å². The maximum absolute atomic E-state index is 3.63. The van der Waals surface area contributed by atoms with E-state index in [1.165, 1.54) is 11.1 Å². The van der Waals surface area contributed by atoms with Crippen molar-refractivity contribution < 1.29 is 0 Å². The summed E-state index contributed by atoms with van der Waals surface area (Å²) in [5, 5.41) is 3.56. The first-order chi connectivity index (χ1) is 8.04. The molecule has 0 radical (unpaired) electrons. The first-order valence-electron chi connectivity index (χ1n) is 5.88. The van der Waals surface area contributed by atoms with Gasteiger partial charge in [0.2, 0.25) is 0 Å². The molecule has 0 saturated heterocycles. The van der Waals surface area contributed by atoms with Gasteiger partial charge >= 0.3 is 0 Å². The molecule has 94 valence electrons. The average Bonchev–Trinajstić information content (AvgIpc) is 2.24. The number of halogens is 2. The van der Waals surface area contributed by atoms with Crippen molar-refractivity contribution in [1.29, 1.82) is 0 Å². The monoisotopic (exact) mass is 359 g/mol. The summed E-state index contributed by atoms with van der Waals surface area (Å²) >= 11 is 7.11. The molecule has 0 heterocycles. The van der Waals surface area contributed by atoms with Gasteiger partial charge in [-0.3, -0.25) is 0 Å². The van der Waals surface area contributed by atoms with Crippen LogP contribution in [0.1, 0.15) is 38.8 Å². The molecule has 17 heavy (non-hydrogen) atoms. The lowest BCUT2D eigenvalue weighted by Gasteiger charge is -2.17. The number of nitrogens with one attached hydrogen (secondary N) is 1. The fraction of sp³-hybridized carbons (Fsp3) is 0.429. The molecule has 1 aromatic carbocycles. The first kappa shape index (κ1) is 14.9. The molecule has 1 atom stereocenters. The molecule has 1 N–H and O–H groups in total. The van der Waals surface area contributed by atoms with Crippen molar-refractivity contribution in [3.05, 3.63) is 44.4 Å². The highest BCUT2D eigenvalue weighted by Gasteiger charge is 2.11. The van der Waals surface area contributed by atoms with E-state index in [0.29, 0.717) is 0 Å². The molecule has 0 aliphatic carbocycles. The van der Waals surface area contributed by atoms with Crippen LogP contribution in [-0.4, -0.2) is 6.54 Å². The van der Waals surface area contributed by atoms with E-state index >= 15 is 0 Å². The minimum atomic E-state index is 0.280. The number of benzene rings is 1. The average molecular weight is 361 g/mol. The lowest BCUT2D eigenvalue weighted by molar-refractivity contribution is 0.608. The van der Waals surface area contributed by atoms with Crippen LogP contribution in [0.5, 0.6) is 0 Å². The van der Waals surface area contributed by atoms with E-state index in [9.17, 15) is 0 Å². The van der Waals surface area contributed by atoms with Crippen molar-refractivity contribution in [3.63, 3.8) is 0 Å². The quantitative estimate of drug-likeness (QED) is 0.710. The molecular weight excluding hydrogens is 342 g/mol. The number of rotatable bonds is 5. The molecule has 1 unspecified atom stereocenters. The van der Waals surface area contributed by atoms with Gasteiger partial charge in [0.1, 0.15) is 0 Å². The van der Waals surface area contributed by atoms with Crippen LogP contribution in [0.3, 0.4) is 0 Å². The lowest BCUT2D eigenvalue weighted by Crippen LogP contribution is -2.21. The minimum absolute atomic E-state index is 0.280. The molecule has 0 fully saturated rings. The van der Waals surface area contributed by atoms with E-state index < -0.39 is 0 Å². The van der Waals surface area contributed by atoms with Crippen LogP contribution in [-0.2, 0) is 0 Å². The van der Waals surface area contributed by atoms with Crippen molar-refractivity contribution >= 4 is 31.9 Å². The van der Waals surface area contributed by atoms with Gasteiger partial charge in [0, 0.05) is 8.95 Å². The fourth-order valence-electron chi connectivity index (χ4n) is 1.65. The molecule has 0 bridgehead atoms. The molecule has 0 amide bonds. The molecule has 0 aliphatic heterocycles. The zero-order chi connectivity index (χ0) is 12.8. The van der Waals surface area contributed by atoms with Crippen LogP contribution >= 0.6 is 31.9 Å². The van der Waals surface area contributed by atoms with Crippen LogP contribution in [0.2, 0.25) is 0 Å². The zero-order valence-corrected chi connectivity index (χ0v) is 13.7. The van der Waals surface area contributed by atoms with Gasteiger partial charge in [-0.2, -0.15) is 0 Å². The summed E-state index contributed by atoms with van der Waals surface area (Å²) in [7, 11) is 0. The zero-order valence-electron chi connectivity index (χ0n) is 10.6. The molecule has 0 spiro atoms. The van der Waals surface area contributed by atoms with E-state index in [-0.39, 0.29) is 6.04 Å². The van der Waals surface area contributed by atoms with Crippen LogP contribution in [0.4, 0.5) is 0 Å². The molecular formula is C14H19Br2N. The van der Waals surface area contributed by atoms with Crippen molar-refractivity contribution in [1.82, 2.24) is 5.32 Å². The topological polar surface area (TPSA) is 12.0 Å². The SMILES string of the molecule is CCCNC(C=C(C)C)c1ccc(Br)cc1Br. The third-order valence-corrected chi connectivity index (χ3v) is 3.59. The second-order valence-electron chi connectivity index (χ2n) is 4.34. The third-order valence-electron chi connectivity index (χ3n) is 2.41. The normalized spacial score (nSPS) is 12.3. The molecule has 1 rings (SSSR count). The second-order valence-corrected chi connectivity index (χ2v) is 6.11. The van der Waals surface area contributed by atoms with Gasteiger partial charge in [0.15, 0.2) is 0 Å². The second kappa shape index (κ2) is 7.34. The Morgan fingerprint density at radius 1 is 1.35 bits per heavy atom. The molecule has 1 aromatic rings. The van der Waals surface area contributed by atoms with Crippen molar-refractivity contribution in [2.24, 2.45) is 0 Å². The van der Waals surface area contributed by atoms with Crippen LogP contribution < -0.4 is 5.32 Å². The van der Waals surface area contributed by atoms with Gasteiger partial charge in [-0.25, -0.2) is 0 Å². The largest absolute Gasteiger partial charge is 0.307 e. The molecule has 0 aromatic heterocycles. The summed E-state index contributed by atoms with van der Waals surface area (Å²) in [6.07, 6.45) is 3.41.